The standard InChI is InChI=1S/C21H20FN7O3/c1-32-15-8-2-12(3-9-15)20-25-18(26-27-20)11-24-21(31)16-10-17(19(23)30)29(28-16)14-6-4-13(22)5-7-14/h2-9,17H,10-11H2,1H3,(H2,23,30)(H,24,31)(H,25,26,27). The van der Waals surface area contributed by atoms with Crippen LogP contribution in [0.3, 0.4) is 0 Å². The molecule has 1 atom stereocenters. The van der Waals surface area contributed by atoms with Crippen LogP contribution in [0, 0.1) is 5.82 Å². The van der Waals surface area contributed by atoms with Crippen molar-refractivity contribution in [3.05, 3.63) is 60.2 Å². The smallest absolute Gasteiger partial charge is 0.267 e. The van der Waals surface area contributed by atoms with Crippen LogP contribution >= 0.6 is 0 Å². The molecule has 0 spiro atoms. The third-order valence-corrected chi connectivity index (χ3v) is 4.89. The van der Waals surface area contributed by atoms with Crippen LogP contribution < -0.4 is 20.8 Å². The van der Waals surface area contributed by atoms with E-state index in [0.717, 1.165) is 11.3 Å². The van der Waals surface area contributed by atoms with E-state index in [-0.39, 0.29) is 18.7 Å². The first-order valence-corrected chi connectivity index (χ1v) is 9.70. The summed E-state index contributed by atoms with van der Waals surface area (Å²) in [5.74, 6) is 0.115. The van der Waals surface area contributed by atoms with Gasteiger partial charge in [-0.05, 0) is 48.5 Å². The Morgan fingerprint density at radius 3 is 2.59 bits per heavy atom. The number of nitrogens with zero attached hydrogens (tertiary/aromatic N) is 4. The van der Waals surface area contributed by atoms with Crippen molar-refractivity contribution in [1.82, 2.24) is 20.5 Å². The molecule has 164 valence electrons. The van der Waals surface area contributed by atoms with Crippen LogP contribution in [0.2, 0.25) is 0 Å². The van der Waals surface area contributed by atoms with Crippen LogP contribution in [0.15, 0.2) is 53.6 Å². The number of anilines is 1. The topological polar surface area (TPSA) is 139 Å². The summed E-state index contributed by atoms with van der Waals surface area (Å²) in [5, 5.41) is 15.2. The van der Waals surface area contributed by atoms with Crippen LogP contribution in [-0.4, -0.2) is 45.9 Å². The highest BCUT2D eigenvalue weighted by atomic mass is 19.1. The van der Waals surface area contributed by atoms with Crippen LogP contribution in [0.4, 0.5) is 10.1 Å². The van der Waals surface area contributed by atoms with E-state index in [0.29, 0.717) is 17.3 Å². The number of aromatic nitrogens is 3. The van der Waals surface area contributed by atoms with E-state index in [1.807, 2.05) is 12.1 Å². The van der Waals surface area contributed by atoms with E-state index < -0.39 is 23.7 Å². The van der Waals surface area contributed by atoms with Crippen molar-refractivity contribution in [2.45, 2.75) is 19.0 Å². The van der Waals surface area contributed by atoms with Crippen molar-refractivity contribution in [3.63, 3.8) is 0 Å². The van der Waals surface area contributed by atoms with Crippen LogP contribution in [-0.2, 0) is 16.1 Å². The summed E-state index contributed by atoms with van der Waals surface area (Å²) in [6.45, 7) is 0.0821. The molecule has 3 aromatic rings. The molecule has 1 unspecified atom stereocenters. The van der Waals surface area contributed by atoms with Gasteiger partial charge in [0.25, 0.3) is 5.91 Å². The van der Waals surface area contributed by atoms with Gasteiger partial charge in [-0.2, -0.15) is 10.2 Å². The minimum absolute atomic E-state index is 0.0338. The fourth-order valence-corrected chi connectivity index (χ4v) is 3.21. The minimum atomic E-state index is -0.840. The largest absolute Gasteiger partial charge is 0.497 e. The van der Waals surface area contributed by atoms with Gasteiger partial charge in [0.1, 0.15) is 29.1 Å². The first-order chi connectivity index (χ1) is 15.4. The fourth-order valence-electron chi connectivity index (χ4n) is 3.21. The first-order valence-electron chi connectivity index (χ1n) is 9.70. The summed E-state index contributed by atoms with van der Waals surface area (Å²) in [6, 6.07) is 11.8. The molecule has 11 heteroatoms. The average Bonchev–Trinajstić information content (AvgIpc) is 3.46. The SMILES string of the molecule is COc1ccc(-c2n[nH]c(CNC(=O)C3=NN(c4ccc(F)cc4)C(C(N)=O)C3)n2)cc1. The maximum Gasteiger partial charge on any atom is 0.267 e. The van der Waals surface area contributed by atoms with Gasteiger partial charge in [-0.3, -0.25) is 19.7 Å². The number of aromatic amines is 1. The number of benzene rings is 2. The molecule has 0 aliphatic carbocycles. The Hall–Kier alpha value is -4.28. The molecule has 4 N–H and O–H groups in total. The number of nitrogens with two attached hydrogens (primary N) is 1. The second-order valence-corrected chi connectivity index (χ2v) is 7.01. The summed E-state index contributed by atoms with van der Waals surface area (Å²) in [7, 11) is 1.59. The van der Waals surface area contributed by atoms with Crippen molar-refractivity contribution < 1.29 is 18.7 Å². The van der Waals surface area contributed by atoms with E-state index in [9.17, 15) is 14.0 Å². The van der Waals surface area contributed by atoms with Crippen LogP contribution in [0.5, 0.6) is 5.75 Å². The second kappa shape index (κ2) is 8.84. The molecule has 32 heavy (non-hydrogen) atoms. The quantitative estimate of drug-likeness (QED) is 0.510. The van der Waals surface area contributed by atoms with E-state index >= 15 is 0 Å². The van der Waals surface area contributed by atoms with Crippen LogP contribution in [0.25, 0.3) is 11.4 Å². The van der Waals surface area contributed by atoms with Crippen molar-refractivity contribution in [1.29, 1.82) is 0 Å². The molecule has 2 aromatic carbocycles. The molecule has 1 aliphatic heterocycles. The molecule has 0 saturated carbocycles. The number of nitrogens with one attached hydrogen (secondary N) is 2. The third-order valence-electron chi connectivity index (χ3n) is 4.89. The molecule has 0 saturated heterocycles. The Labute approximate surface area is 182 Å². The van der Waals surface area contributed by atoms with E-state index in [4.69, 9.17) is 10.5 Å². The summed E-state index contributed by atoms with van der Waals surface area (Å²) < 4.78 is 18.3. The lowest BCUT2D eigenvalue weighted by Crippen LogP contribution is -2.39. The zero-order valence-corrected chi connectivity index (χ0v) is 17.1. The van der Waals surface area contributed by atoms with Gasteiger partial charge >= 0.3 is 0 Å². The monoisotopic (exact) mass is 437 g/mol. The molecular formula is C21H20FN7O3. The number of carbonyl (C=O) groups excluding carboxylic acids is 2. The molecule has 0 bridgehead atoms. The molecular weight excluding hydrogens is 417 g/mol. The Bertz CT molecular complexity index is 1160. The second-order valence-electron chi connectivity index (χ2n) is 7.01. The maximum atomic E-state index is 13.2. The Morgan fingerprint density at radius 1 is 1.22 bits per heavy atom. The predicted octanol–water partition coefficient (Wildman–Crippen LogP) is 1.36. The highest BCUT2D eigenvalue weighted by Crippen LogP contribution is 2.25. The number of methoxy groups -OCH3 is 1. The number of primary amides is 1. The summed E-state index contributed by atoms with van der Waals surface area (Å²) in [4.78, 5) is 28.8. The third kappa shape index (κ3) is 4.41. The van der Waals surface area contributed by atoms with Crippen LogP contribution in [0.1, 0.15) is 12.2 Å². The number of H-pyrrole nitrogens is 1. The highest BCUT2D eigenvalue weighted by Gasteiger charge is 2.35. The Morgan fingerprint density at radius 2 is 1.94 bits per heavy atom. The number of rotatable bonds is 7. The Kier molecular flexibility index (Phi) is 5.79. The summed E-state index contributed by atoms with van der Waals surface area (Å²) in [6.07, 6.45) is 0.0338. The number of hydrazone groups is 1. The zero-order chi connectivity index (χ0) is 22.7. The summed E-state index contributed by atoms with van der Waals surface area (Å²) in [5.41, 5.74) is 6.85. The average molecular weight is 437 g/mol. The number of carbonyl (C=O) groups is 2. The molecule has 1 aromatic heterocycles. The van der Waals surface area contributed by atoms with Gasteiger partial charge in [-0.15, -0.1) is 0 Å². The summed E-state index contributed by atoms with van der Waals surface area (Å²) >= 11 is 0. The minimum Gasteiger partial charge on any atom is -0.497 e. The van der Waals surface area contributed by atoms with Gasteiger partial charge in [-0.25, -0.2) is 9.37 Å². The van der Waals surface area contributed by atoms with Gasteiger partial charge in [0.05, 0.1) is 19.3 Å². The van der Waals surface area contributed by atoms with Crippen molar-refractivity contribution >= 4 is 23.2 Å². The molecule has 10 nitrogen and oxygen atoms in total. The molecule has 0 radical (unpaired) electrons. The lowest BCUT2D eigenvalue weighted by atomic mass is 10.1. The highest BCUT2D eigenvalue weighted by molar-refractivity contribution is 6.40. The van der Waals surface area contributed by atoms with E-state index in [2.05, 4.69) is 25.6 Å². The van der Waals surface area contributed by atoms with E-state index in [1.54, 1.807) is 19.2 Å². The first kappa shape index (κ1) is 21.0. The van der Waals surface area contributed by atoms with Gasteiger partial charge < -0.3 is 15.8 Å². The number of amides is 2. The lowest BCUT2D eigenvalue weighted by molar-refractivity contribution is -0.119. The van der Waals surface area contributed by atoms with Crippen molar-refractivity contribution in [2.75, 3.05) is 12.1 Å². The number of hydrogen-bond donors (Lipinski definition) is 3. The molecule has 1 aliphatic rings. The molecule has 4 rings (SSSR count). The number of ether oxygens (including phenoxy) is 1. The number of hydrogen-bond acceptors (Lipinski definition) is 7. The Balaban J connectivity index is 1.42. The molecule has 2 heterocycles. The normalized spacial score (nSPS) is 15.4. The van der Waals surface area contributed by atoms with Crippen molar-refractivity contribution in [3.8, 4) is 17.1 Å². The van der Waals surface area contributed by atoms with Gasteiger partial charge in [0.2, 0.25) is 5.91 Å². The van der Waals surface area contributed by atoms with E-state index in [1.165, 1.54) is 29.3 Å². The molecule has 0 fully saturated rings. The zero-order valence-electron chi connectivity index (χ0n) is 17.1. The van der Waals surface area contributed by atoms with Crippen molar-refractivity contribution in [2.24, 2.45) is 10.8 Å². The lowest BCUT2D eigenvalue weighted by Gasteiger charge is -2.20. The number of halogens is 1. The van der Waals surface area contributed by atoms with Gasteiger partial charge in [0, 0.05) is 12.0 Å². The predicted molar refractivity (Wildman–Crippen MR) is 114 cm³/mol. The van der Waals surface area contributed by atoms with Gasteiger partial charge in [0.15, 0.2) is 5.82 Å². The molecule has 2 amide bonds. The fraction of sp³-hybridized carbons (Fsp3) is 0.190. The van der Waals surface area contributed by atoms with Gasteiger partial charge in [-0.1, -0.05) is 0 Å². The maximum absolute atomic E-state index is 13.2.